The van der Waals surface area contributed by atoms with Crippen LogP contribution in [0.1, 0.15) is 38.6 Å². The topological polar surface area (TPSA) is 42.7 Å². The number of piperidine rings is 1. The van der Waals surface area contributed by atoms with Crippen molar-refractivity contribution in [2.45, 2.75) is 39.2 Å². The highest BCUT2D eigenvalue weighted by Crippen LogP contribution is 2.20. The second kappa shape index (κ2) is 4.75. The molecule has 0 aliphatic carbocycles. The van der Waals surface area contributed by atoms with E-state index in [1.54, 1.807) is 0 Å². The lowest BCUT2D eigenvalue weighted by Crippen LogP contribution is -2.30. The maximum Gasteiger partial charge on any atom is 0.133 e. The van der Waals surface area contributed by atoms with Gasteiger partial charge >= 0.3 is 0 Å². The van der Waals surface area contributed by atoms with Crippen LogP contribution in [0.3, 0.4) is 0 Å². The Morgan fingerprint density at radius 2 is 2.20 bits per heavy atom. The summed E-state index contributed by atoms with van der Waals surface area (Å²) >= 11 is 0. The summed E-state index contributed by atoms with van der Waals surface area (Å²) < 4.78 is 2.28. The summed E-state index contributed by atoms with van der Waals surface area (Å²) in [6, 6.07) is 0.606. The van der Waals surface area contributed by atoms with E-state index in [-0.39, 0.29) is 0 Å². The SMILES string of the molecule is CC(C)Cc1nncn1C1CCNCC1. The third kappa shape index (κ3) is 2.56. The van der Waals surface area contributed by atoms with Crippen molar-refractivity contribution in [2.75, 3.05) is 13.1 Å². The lowest BCUT2D eigenvalue weighted by atomic mass is 10.1. The van der Waals surface area contributed by atoms with Gasteiger partial charge in [-0.15, -0.1) is 10.2 Å². The van der Waals surface area contributed by atoms with Crippen LogP contribution in [0, 0.1) is 5.92 Å². The molecule has 1 saturated heterocycles. The smallest absolute Gasteiger partial charge is 0.133 e. The molecule has 0 aromatic carbocycles. The van der Waals surface area contributed by atoms with Gasteiger partial charge in [0.05, 0.1) is 0 Å². The summed E-state index contributed by atoms with van der Waals surface area (Å²) in [5, 5.41) is 11.6. The van der Waals surface area contributed by atoms with E-state index in [2.05, 4.69) is 33.9 Å². The number of aromatic nitrogens is 3. The minimum atomic E-state index is 0.606. The third-order valence-corrected chi connectivity index (χ3v) is 2.94. The maximum absolute atomic E-state index is 4.22. The Kier molecular flexibility index (Phi) is 3.36. The summed E-state index contributed by atoms with van der Waals surface area (Å²) in [4.78, 5) is 0. The highest BCUT2D eigenvalue weighted by Gasteiger charge is 2.18. The van der Waals surface area contributed by atoms with Gasteiger partial charge in [-0.25, -0.2) is 0 Å². The van der Waals surface area contributed by atoms with Gasteiger partial charge in [0.1, 0.15) is 12.2 Å². The van der Waals surface area contributed by atoms with Gasteiger partial charge in [-0.2, -0.15) is 0 Å². The van der Waals surface area contributed by atoms with E-state index in [4.69, 9.17) is 0 Å². The molecular formula is C11H20N4. The molecule has 84 valence electrons. The molecular weight excluding hydrogens is 188 g/mol. The fraction of sp³-hybridized carbons (Fsp3) is 0.818. The van der Waals surface area contributed by atoms with Crippen LogP contribution in [0.4, 0.5) is 0 Å². The average Bonchev–Trinajstić information content (AvgIpc) is 2.66. The van der Waals surface area contributed by atoms with Gasteiger partial charge in [-0.05, 0) is 31.8 Å². The second-order valence-corrected chi connectivity index (χ2v) is 4.73. The Morgan fingerprint density at radius 3 is 2.87 bits per heavy atom. The normalized spacial score (nSPS) is 18.6. The van der Waals surface area contributed by atoms with Crippen molar-refractivity contribution in [3.63, 3.8) is 0 Å². The Morgan fingerprint density at radius 1 is 1.47 bits per heavy atom. The summed E-state index contributed by atoms with van der Waals surface area (Å²) in [5.74, 6) is 1.80. The number of hydrogen-bond acceptors (Lipinski definition) is 3. The highest BCUT2D eigenvalue weighted by atomic mass is 15.3. The molecule has 2 heterocycles. The minimum Gasteiger partial charge on any atom is -0.317 e. The molecule has 4 heteroatoms. The predicted molar refractivity (Wildman–Crippen MR) is 59.7 cm³/mol. The molecule has 0 radical (unpaired) electrons. The lowest BCUT2D eigenvalue weighted by Gasteiger charge is -2.25. The molecule has 0 atom stereocenters. The molecule has 1 aliphatic rings. The molecule has 1 N–H and O–H groups in total. The summed E-state index contributed by atoms with van der Waals surface area (Å²) in [6.07, 6.45) is 5.32. The first kappa shape index (κ1) is 10.6. The van der Waals surface area contributed by atoms with Crippen LogP contribution in [0.15, 0.2) is 6.33 Å². The maximum atomic E-state index is 4.22. The van der Waals surface area contributed by atoms with Crippen molar-refractivity contribution in [1.29, 1.82) is 0 Å². The zero-order chi connectivity index (χ0) is 10.7. The van der Waals surface area contributed by atoms with Gasteiger partial charge in [0.2, 0.25) is 0 Å². The predicted octanol–water partition coefficient (Wildman–Crippen LogP) is 1.40. The Balaban J connectivity index is 2.09. The van der Waals surface area contributed by atoms with E-state index in [0.29, 0.717) is 12.0 Å². The van der Waals surface area contributed by atoms with Gasteiger partial charge in [0.25, 0.3) is 0 Å². The van der Waals surface area contributed by atoms with Gasteiger partial charge < -0.3 is 9.88 Å². The molecule has 0 amide bonds. The summed E-state index contributed by atoms with van der Waals surface area (Å²) in [6.45, 7) is 6.68. The molecule has 4 nitrogen and oxygen atoms in total. The fourth-order valence-electron chi connectivity index (χ4n) is 2.17. The van der Waals surface area contributed by atoms with Crippen LogP contribution in [0.25, 0.3) is 0 Å². The third-order valence-electron chi connectivity index (χ3n) is 2.94. The summed E-state index contributed by atoms with van der Waals surface area (Å²) in [7, 11) is 0. The Hall–Kier alpha value is -0.900. The van der Waals surface area contributed by atoms with Gasteiger partial charge in [-0.1, -0.05) is 13.8 Å². The van der Waals surface area contributed by atoms with Crippen molar-refractivity contribution in [3.8, 4) is 0 Å². The van der Waals surface area contributed by atoms with E-state index in [1.807, 2.05) is 6.33 Å². The molecule has 2 rings (SSSR count). The lowest BCUT2D eigenvalue weighted by molar-refractivity contribution is 0.356. The molecule has 0 saturated carbocycles. The van der Waals surface area contributed by atoms with Gasteiger partial charge in [-0.3, -0.25) is 0 Å². The fourth-order valence-corrected chi connectivity index (χ4v) is 2.17. The number of nitrogens with one attached hydrogen (secondary N) is 1. The molecule has 15 heavy (non-hydrogen) atoms. The van der Waals surface area contributed by atoms with Crippen LogP contribution in [-0.2, 0) is 6.42 Å². The molecule has 0 spiro atoms. The van der Waals surface area contributed by atoms with Crippen LogP contribution in [-0.4, -0.2) is 27.9 Å². The van der Waals surface area contributed by atoms with Crippen molar-refractivity contribution in [2.24, 2.45) is 5.92 Å². The van der Waals surface area contributed by atoms with Crippen LogP contribution >= 0.6 is 0 Å². The van der Waals surface area contributed by atoms with E-state index in [9.17, 15) is 0 Å². The first-order chi connectivity index (χ1) is 7.27. The van der Waals surface area contributed by atoms with E-state index in [0.717, 1.165) is 25.3 Å². The zero-order valence-corrected chi connectivity index (χ0v) is 9.61. The quantitative estimate of drug-likeness (QED) is 0.816. The summed E-state index contributed by atoms with van der Waals surface area (Å²) in [5.41, 5.74) is 0. The van der Waals surface area contributed by atoms with Gasteiger partial charge in [0.15, 0.2) is 0 Å². The van der Waals surface area contributed by atoms with Crippen molar-refractivity contribution < 1.29 is 0 Å². The second-order valence-electron chi connectivity index (χ2n) is 4.73. The number of rotatable bonds is 3. The van der Waals surface area contributed by atoms with Crippen LogP contribution in [0.5, 0.6) is 0 Å². The first-order valence-corrected chi connectivity index (χ1v) is 5.86. The van der Waals surface area contributed by atoms with Crippen LogP contribution < -0.4 is 5.32 Å². The van der Waals surface area contributed by atoms with Crippen molar-refractivity contribution in [3.05, 3.63) is 12.2 Å². The molecule has 0 unspecified atom stereocenters. The minimum absolute atomic E-state index is 0.606. The largest absolute Gasteiger partial charge is 0.317 e. The number of nitrogens with zero attached hydrogens (tertiary/aromatic N) is 3. The van der Waals surface area contributed by atoms with Gasteiger partial charge in [0, 0.05) is 12.5 Å². The molecule has 1 aliphatic heterocycles. The average molecular weight is 208 g/mol. The highest BCUT2D eigenvalue weighted by molar-refractivity contribution is 4.92. The van der Waals surface area contributed by atoms with E-state index in [1.165, 1.54) is 12.8 Å². The van der Waals surface area contributed by atoms with E-state index < -0.39 is 0 Å². The molecule has 0 bridgehead atoms. The van der Waals surface area contributed by atoms with E-state index >= 15 is 0 Å². The zero-order valence-electron chi connectivity index (χ0n) is 9.61. The standard InChI is InChI=1S/C11H20N4/c1-9(2)7-11-14-13-8-15(11)10-3-5-12-6-4-10/h8-10,12H,3-7H2,1-2H3. The Bertz CT molecular complexity index is 299. The van der Waals surface area contributed by atoms with Crippen molar-refractivity contribution in [1.82, 2.24) is 20.1 Å². The number of hydrogen-bond donors (Lipinski definition) is 1. The monoisotopic (exact) mass is 208 g/mol. The Labute approximate surface area is 91.1 Å². The van der Waals surface area contributed by atoms with Crippen molar-refractivity contribution >= 4 is 0 Å². The molecule has 1 fully saturated rings. The first-order valence-electron chi connectivity index (χ1n) is 5.86. The van der Waals surface area contributed by atoms with Crippen LogP contribution in [0.2, 0.25) is 0 Å². The molecule has 1 aromatic heterocycles. The molecule has 1 aromatic rings.